The highest BCUT2D eigenvalue weighted by molar-refractivity contribution is 7.95. The van der Waals surface area contributed by atoms with Crippen molar-refractivity contribution in [3.05, 3.63) is 162 Å². The standard InChI is InChI=1S/C42H41NO3P/c1-31-6-12-34(13-7-31)43(35-14-8-32(2)9-15-35)36-16-10-33(11-17-36)30-47(40-24-18-37(44-3)19-25-40,41-26-20-38(45-4)21-27-41)42-28-22-39(46-5)23-29-42/h6-29H,30H2,1-5H3/q+1. The SMILES string of the molecule is COc1ccc([P+](Cc2ccc(N(c3ccc(C)cc3)c3ccc(C)cc3)cc2)(c2ccc(OC)cc2)c2ccc(OC)cc2)cc1. The molecule has 236 valence electrons. The summed E-state index contributed by atoms with van der Waals surface area (Å²) in [5.74, 6) is 2.52. The molecule has 4 nitrogen and oxygen atoms in total. The van der Waals surface area contributed by atoms with Crippen molar-refractivity contribution in [1.29, 1.82) is 0 Å². The third-order valence-corrected chi connectivity index (χ3v) is 13.1. The van der Waals surface area contributed by atoms with Gasteiger partial charge in [-0.1, -0.05) is 47.5 Å². The molecule has 6 aromatic carbocycles. The van der Waals surface area contributed by atoms with Crippen LogP contribution < -0.4 is 35.0 Å². The van der Waals surface area contributed by atoms with E-state index in [1.54, 1.807) is 21.3 Å². The highest BCUT2D eigenvalue weighted by Gasteiger charge is 2.45. The Hall–Kier alpha value is -5.05. The van der Waals surface area contributed by atoms with Gasteiger partial charge in [-0.25, -0.2) is 0 Å². The van der Waals surface area contributed by atoms with Gasteiger partial charge in [0.1, 0.15) is 40.4 Å². The molecule has 0 spiro atoms. The van der Waals surface area contributed by atoms with Crippen molar-refractivity contribution in [1.82, 2.24) is 0 Å². The lowest BCUT2D eigenvalue weighted by Crippen LogP contribution is -2.32. The van der Waals surface area contributed by atoms with E-state index < -0.39 is 7.26 Å². The zero-order chi connectivity index (χ0) is 32.8. The highest BCUT2D eigenvalue weighted by atomic mass is 31.2. The lowest BCUT2D eigenvalue weighted by atomic mass is 10.1. The first-order valence-electron chi connectivity index (χ1n) is 15.8. The van der Waals surface area contributed by atoms with E-state index in [4.69, 9.17) is 14.2 Å². The molecule has 47 heavy (non-hydrogen) atoms. The molecule has 0 aromatic heterocycles. The molecule has 0 aliphatic heterocycles. The monoisotopic (exact) mass is 638 g/mol. The summed E-state index contributed by atoms with van der Waals surface area (Å²) in [6.07, 6.45) is 0.841. The van der Waals surface area contributed by atoms with Crippen LogP contribution in [0.3, 0.4) is 0 Å². The van der Waals surface area contributed by atoms with Gasteiger partial charge >= 0.3 is 0 Å². The maximum absolute atomic E-state index is 5.57. The van der Waals surface area contributed by atoms with Crippen LogP contribution in [0.5, 0.6) is 17.2 Å². The summed E-state index contributed by atoms with van der Waals surface area (Å²) < 4.78 is 16.7. The third kappa shape index (κ3) is 6.75. The van der Waals surface area contributed by atoms with Crippen molar-refractivity contribution in [2.75, 3.05) is 26.2 Å². The van der Waals surface area contributed by atoms with E-state index in [0.717, 1.165) is 40.5 Å². The summed E-state index contributed by atoms with van der Waals surface area (Å²) >= 11 is 0. The predicted octanol–water partition coefficient (Wildman–Crippen LogP) is 9.29. The fraction of sp³-hybridized carbons (Fsp3) is 0.143. The zero-order valence-corrected chi connectivity index (χ0v) is 28.6. The zero-order valence-electron chi connectivity index (χ0n) is 27.7. The average Bonchev–Trinajstić information content (AvgIpc) is 3.13. The third-order valence-electron chi connectivity index (χ3n) is 8.74. The highest BCUT2D eigenvalue weighted by Crippen LogP contribution is 2.58. The number of methoxy groups -OCH3 is 3. The van der Waals surface area contributed by atoms with Crippen molar-refractivity contribution in [2.24, 2.45) is 0 Å². The Balaban J connectivity index is 1.48. The lowest BCUT2D eigenvalue weighted by molar-refractivity contribution is 0.415. The molecule has 0 unspecified atom stereocenters. The Morgan fingerprint density at radius 3 is 1.00 bits per heavy atom. The van der Waals surface area contributed by atoms with E-state index in [0.29, 0.717) is 0 Å². The van der Waals surface area contributed by atoms with Gasteiger partial charge < -0.3 is 19.1 Å². The first-order valence-corrected chi connectivity index (χ1v) is 17.8. The molecule has 0 N–H and O–H groups in total. The smallest absolute Gasteiger partial charge is 0.119 e. The summed E-state index contributed by atoms with van der Waals surface area (Å²) in [7, 11) is 2.92. The van der Waals surface area contributed by atoms with Gasteiger partial charge in [0.15, 0.2) is 0 Å². The molecule has 0 aliphatic carbocycles. The van der Waals surface area contributed by atoms with Gasteiger partial charge in [-0.05, 0) is 129 Å². The average molecular weight is 639 g/mol. The first-order chi connectivity index (χ1) is 22.9. The molecule has 0 aliphatic rings. The molecular weight excluding hydrogens is 597 g/mol. The number of hydrogen-bond donors (Lipinski definition) is 0. The fourth-order valence-corrected chi connectivity index (χ4v) is 10.3. The molecule has 5 heteroatoms. The maximum Gasteiger partial charge on any atom is 0.119 e. The van der Waals surface area contributed by atoms with Crippen LogP contribution in [0.25, 0.3) is 0 Å². The molecule has 0 fully saturated rings. The molecule has 6 rings (SSSR count). The number of hydrogen-bond acceptors (Lipinski definition) is 4. The minimum absolute atomic E-state index is 0.841. The molecule has 6 aromatic rings. The minimum Gasteiger partial charge on any atom is -0.497 e. The number of aryl methyl sites for hydroxylation is 2. The van der Waals surface area contributed by atoms with Gasteiger partial charge in [0.05, 0.1) is 27.5 Å². The Labute approximate surface area is 279 Å². The number of anilines is 3. The lowest BCUT2D eigenvalue weighted by Gasteiger charge is -2.29. The maximum atomic E-state index is 5.57. The fourth-order valence-electron chi connectivity index (χ4n) is 6.09. The molecule has 0 saturated heterocycles. The Kier molecular flexibility index (Phi) is 9.61. The molecule has 0 atom stereocenters. The van der Waals surface area contributed by atoms with Gasteiger partial charge in [0.25, 0.3) is 0 Å². The molecule has 0 radical (unpaired) electrons. The van der Waals surface area contributed by atoms with Crippen LogP contribution in [0.1, 0.15) is 16.7 Å². The van der Waals surface area contributed by atoms with Crippen LogP contribution in [0.15, 0.2) is 146 Å². The Morgan fingerprint density at radius 2 is 0.702 bits per heavy atom. The Morgan fingerprint density at radius 1 is 0.404 bits per heavy atom. The normalized spacial score (nSPS) is 11.2. The van der Waals surface area contributed by atoms with Crippen LogP contribution >= 0.6 is 7.26 Å². The first kappa shape index (κ1) is 31.9. The van der Waals surface area contributed by atoms with Crippen molar-refractivity contribution in [3.8, 4) is 17.2 Å². The summed E-state index contributed by atoms with van der Waals surface area (Å²) in [4.78, 5) is 2.32. The molecule has 0 heterocycles. The van der Waals surface area contributed by atoms with Gasteiger partial charge in [-0.15, -0.1) is 0 Å². The van der Waals surface area contributed by atoms with Crippen molar-refractivity contribution < 1.29 is 14.2 Å². The Bertz CT molecular complexity index is 1720. The van der Waals surface area contributed by atoms with E-state index in [1.165, 1.54) is 32.6 Å². The van der Waals surface area contributed by atoms with Crippen LogP contribution in [0, 0.1) is 13.8 Å². The molecule has 0 saturated carbocycles. The van der Waals surface area contributed by atoms with E-state index in [9.17, 15) is 0 Å². The van der Waals surface area contributed by atoms with Crippen molar-refractivity contribution in [3.63, 3.8) is 0 Å². The van der Waals surface area contributed by atoms with Gasteiger partial charge in [0.2, 0.25) is 0 Å². The quantitative estimate of drug-likeness (QED) is 0.132. The summed E-state index contributed by atoms with van der Waals surface area (Å²) in [5.41, 5.74) is 7.11. The number of rotatable bonds is 11. The number of ether oxygens (including phenoxy) is 3. The van der Waals surface area contributed by atoms with Gasteiger partial charge in [-0.2, -0.15) is 0 Å². The molecule has 0 bridgehead atoms. The minimum atomic E-state index is -2.21. The number of benzene rings is 6. The van der Waals surface area contributed by atoms with Crippen LogP contribution in [-0.4, -0.2) is 21.3 Å². The summed E-state index contributed by atoms with van der Waals surface area (Å²) in [6, 6.07) is 52.3. The van der Waals surface area contributed by atoms with Crippen molar-refractivity contribution in [2.45, 2.75) is 20.0 Å². The second-order valence-corrected chi connectivity index (χ2v) is 15.2. The van der Waals surface area contributed by atoms with E-state index >= 15 is 0 Å². The van der Waals surface area contributed by atoms with E-state index in [2.05, 4.69) is 164 Å². The van der Waals surface area contributed by atoms with E-state index in [1.807, 2.05) is 0 Å². The van der Waals surface area contributed by atoms with Crippen LogP contribution in [0.2, 0.25) is 0 Å². The second-order valence-electron chi connectivity index (χ2n) is 11.7. The molecular formula is C42H41NO3P+. The van der Waals surface area contributed by atoms with Crippen molar-refractivity contribution >= 4 is 40.2 Å². The molecule has 0 amide bonds. The van der Waals surface area contributed by atoms with Crippen LogP contribution in [0.4, 0.5) is 17.1 Å². The van der Waals surface area contributed by atoms with Gasteiger partial charge in [-0.3, -0.25) is 0 Å². The summed E-state index contributed by atoms with van der Waals surface area (Å²) in [5, 5.41) is 3.83. The topological polar surface area (TPSA) is 30.9 Å². The van der Waals surface area contributed by atoms with Gasteiger partial charge in [0, 0.05) is 17.1 Å². The predicted molar refractivity (Wildman–Crippen MR) is 199 cm³/mol. The summed E-state index contributed by atoms with van der Waals surface area (Å²) in [6.45, 7) is 4.25. The second kappa shape index (κ2) is 14.2. The largest absolute Gasteiger partial charge is 0.497 e. The number of nitrogens with zero attached hydrogens (tertiary/aromatic N) is 1. The van der Waals surface area contributed by atoms with Crippen LogP contribution in [-0.2, 0) is 6.16 Å². The van der Waals surface area contributed by atoms with E-state index in [-0.39, 0.29) is 0 Å².